The van der Waals surface area contributed by atoms with Crippen molar-refractivity contribution in [3.05, 3.63) is 68.2 Å². The second kappa shape index (κ2) is 6.66. The number of halogens is 1. The Morgan fingerprint density at radius 3 is 2.59 bits per heavy atom. The molecule has 7 nitrogen and oxygen atoms in total. The van der Waals surface area contributed by atoms with Gasteiger partial charge in [-0.15, -0.1) is 0 Å². The number of anilines is 1. The van der Waals surface area contributed by atoms with Crippen LogP contribution >= 0.6 is 11.6 Å². The molecule has 0 spiro atoms. The minimum Gasteiger partial charge on any atom is -0.306 e. The fourth-order valence-corrected chi connectivity index (χ4v) is 2.87. The van der Waals surface area contributed by atoms with E-state index in [0.717, 1.165) is 18.5 Å². The zero-order valence-electron chi connectivity index (χ0n) is 14.9. The summed E-state index contributed by atoms with van der Waals surface area (Å²) in [5.74, 6) is 0.835. The van der Waals surface area contributed by atoms with Crippen LogP contribution in [0.2, 0.25) is 5.02 Å². The molecular weight excluding hydrogens is 366 g/mol. The molecule has 1 fully saturated rings. The molecule has 1 aliphatic rings. The normalized spacial score (nSPS) is 13.6. The van der Waals surface area contributed by atoms with Crippen LogP contribution in [0.1, 0.15) is 46.1 Å². The van der Waals surface area contributed by atoms with Crippen LogP contribution in [-0.4, -0.2) is 25.7 Å². The number of carbonyl (C=O) groups is 1. The van der Waals surface area contributed by atoms with Crippen molar-refractivity contribution in [3.63, 3.8) is 0 Å². The molecule has 2 N–H and O–H groups in total. The van der Waals surface area contributed by atoms with E-state index in [4.69, 9.17) is 11.6 Å². The first-order chi connectivity index (χ1) is 12.9. The van der Waals surface area contributed by atoms with Crippen molar-refractivity contribution in [1.29, 1.82) is 0 Å². The number of rotatable bonds is 4. The molecule has 0 atom stereocenters. The number of benzene rings is 1. The maximum atomic E-state index is 12.6. The molecule has 8 heteroatoms. The summed E-state index contributed by atoms with van der Waals surface area (Å²) in [6, 6.07) is 8.45. The maximum absolute atomic E-state index is 12.6. The average Bonchev–Trinajstić information content (AvgIpc) is 3.41. The molecule has 0 saturated heterocycles. The zero-order valence-corrected chi connectivity index (χ0v) is 15.7. The fourth-order valence-electron chi connectivity index (χ4n) is 2.75. The highest BCUT2D eigenvalue weighted by molar-refractivity contribution is 6.30. The zero-order chi connectivity index (χ0) is 19.1. The van der Waals surface area contributed by atoms with Crippen molar-refractivity contribution >= 4 is 23.3 Å². The van der Waals surface area contributed by atoms with Crippen molar-refractivity contribution in [2.24, 2.45) is 0 Å². The standard InChI is InChI=1S/C19H18ClN5O2/c1-10-11(2)21-19(23-17(10)26)25-16(9-15(24-25)12-3-4-12)22-18(27)13-5-7-14(20)8-6-13/h5-9,12H,3-4H2,1-2H3,(H,22,27)(H,21,23,26). The summed E-state index contributed by atoms with van der Waals surface area (Å²) in [5, 5.41) is 7.98. The largest absolute Gasteiger partial charge is 0.306 e. The predicted octanol–water partition coefficient (Wildman–Crippen LogP) is 3.36. The average molecular weight is 384 g/mol. The smallest absolute Gasteiger partial charge is 0.256 e. The van der Waals surface area contributed by atoms with Gasteiger partial charge in [0.1, 0.15) is 5.82 Å². The molecule has 0 unspecified atom stereocenters. The van der Waals surface area contributed by atoms with Crippen molar-refractivity contribution in [3.8, 4) is 5.95 Å². The molecule has 1 saturated carbocycles. The SMILES string of the molecule is Cc1nc(-n2nc(C3CC3)cc2NC(=O)c2ccc(Cl)cc2)[nH]c(=O)c1C. The Labute approximate surface area is 160 Å². The molecule has 0 aliphatic heterocycles. The quantitative estimate of drug-likeness (QED) is 0.722. The number of H-pyrrole nitrogens is 1. The summed E-state index contributed by atoms with van der Waals surface area (Å²) in [6.07, 6.45) is 2.14. The first-order valence-electron chi connectivity index (χ1n) is 8.67. The Morgan fingerprint density at radius 1 is 1.26 bits per heavy atom. The number of nitrogens with zero attached hydrogens (tertiary/aromatic N) is 3. The lowest BCUT2D eigenvalue weighted by atomic mass is 10.2. The number of hydrogen-bond donors (Lipinski definition) is 2. The third-order valence-electron chi connectivity index (χ3n) is 4.65. The number of aromatic nitrogens is 4. The van der Waals surface area contributed by atoms with E-state index in [2.05, 4.69) is 20.4 Å². The van der Waals surface area contributed by atoms with E-state index in [1.54, 1.807) is 38.1 Å². The summed E-state index contributed by atoms with van der Waals surface area (Å²) in [6.45, 7) is 3.48. The van der Waals surface area contributed by atoms with Crippen molar-refractivity contribution in [2.45, 2.75) is 32.6 Å². The van der Waals surface area contributed by atoms with Gasteiger partial charge >= 0.3 is 0 Å². The van der Waals surface area contributed by atoms with Gasteiger partial charge in [0.15, 0.2) is 0 Å². The second-order valence-corrected chi connectivity index (χ2v) is 7.14. The highest BCUT2D eigenvalue weighted by Gasteiger charge is 2.28. The lowest BCUT2D eigenvalue weighted by Crippen LogP contribution is -2.20. The third-order valence-corrected chi connectivity index (χ3v) is 4.91. The topological polar surface area (TPSA) is 92.7 Å². The molecule has 2 aromatic heterocycles. The molecule has 4 rings (SSSR count). The Kier molecular flexibility index (Phi) is 4.31. The highest BCUT2D eigenvalue weighted by Crippen LogP contribution is 2.40. The van der Waals surface area contributed by atoms with Crippen LogP contribution in [0.4, 0.5) is 5.82 Å². The lowest BCUT2D eigenvalue weighted by molar-refractivity contribution is 0.102. The second-order valence-electron chi connectivity index (χ2n) is 6.70. The van der Waals surface area contributed by atoms with E-state index in [-0.39, 0.29) is 17.4 Å². The van der Waals surface area contributed by atoms with Gasteiger partial charge in [0.2, 0.25) is 5.95 Å². The van der Waals surface area contributed by atoms with Gasteiger partial charge in [-0.3, -0.25) is 14.6 Å². The molecule has 0 bridgehead atoms. The first-order valence-corrected chi connectivity index (χ1v) is 9.05. The molecule has 27 heavy (non-hydrogen) atoms. The monoisotopic (exact) mass is 383 g/mol. The Bertz CT molecular complexity index is 1080. The van der Waals surface area contributed by atoms with E-state index in [9.17, 15) is 9.59 Å². The lowest BCUT2D eigenvalue weighted by Gasteiger charge is -2.09. The van der Waals surface area contributed by atoms with E-state index in [1.165, 1.54) is 4.68 Å². The maximum Gasteiger partial charge on any atom is 0.256 e. The highest BCUT2D eigenvalue weighted by atomic mass is 35.5. The summed E-state index contributed by atoms with van der Waals surface area (Å²) in [5.41, 5.74) is 2.30. The van der Waals surface area contributed by atoms with Gasteiger partial charge in [-0.1, -0.05) is 11.6 Å². The van der Waals surface area contributed by atoms with E-state index in [0.29, 0.717) is 33.6 Å². The van der Waals surface area contributed by atoms with Crippen LogP contribution < -0.4 is 10.9 Å². The number of aryl methyl sites for hydroxylation is 1. The van der Waals surface area contributed by atoms with Gasteiger partial charge in [0.05, 0.1) is 5.69 Å². The summed E-state index contributed by atoms with van der Waals surface area (Å²) >= 11 is 5.88. The fraction of sp³-hybridized carbons (Fsp3) is 0.263. The van der Waals surface area contributed by atoms with Gasteiger partial charge < -0.3 is 5.32 Å². The Morgan fingerprint density at radius 2 is 1.96 bits per heavy atom. The first kappa shape index (κ1) is 17.5. The number of nitrogens with one attached hydrogen (secondary N) is 2. The molecule has 138 valence electrons. The number of carbonyl (C=O) groups excluding carboxylic acids is 1. The van der Waals surface area contributed by atoms with Crippen LogP contribution in [0, 0.1) is 13.8 Å². The summed E-state index contributed by atoms with van der Waals surface area (Å²) < 4.78 is 1.48. The van der Waals surface area contributed by atoms with Crippen LogP contribution in [0.5, 0.6) is 0 Å². The van der Waals surface area contributed by atoms with Gasteiger partial charge in [0.25, 0.3) is 11.5 Å². The molecule has 0 radical (unpaired) electrons. The van der Waals surface area contributed by atoms with E-state index in [1.807, 2.05) is 6.07 Å². The van der Waals surface area contributed by atoms with Crippen LogP contribution in [-0.2, 0) is 0 Å². The van der Waals surface area contributed by atoms with Gasteiger partial charge in [0, 0.05) is 33.8 Å². The van der Waals surface area contributed by atoms with Gasteiger partial charge in [-0.25, -0.2) is 4.98 Å². The van der Waals surface area contributed by atoms with Crippen LogP contribution in [0.15, 0.2) is 35.1 Å². The summed E-state index contributed by atoms with van der Waals surface area (Å²) in [4.78, 5) is 31.9. The summed E-state index contributed by atoms with van der Waals surface area (Å²) in [7, 11) is 0. The Hall–Kier alpha value is -2.93. The van der Waals surface area contributed by atoms with Crippen molar-refractivity contribution in [2.75, 3.05) is 5.32 Å². The van der Waals surface area contributed by atoms with Gasteiger partial charge in [-0.2, -0.15) is 9.78 Å². The number of hydrogen-bond acceptors (Lipinski definition) is 4. The van der Waals surface area contributed by atoms with Gasteiger partial charge in [-0.05, 0) is 51.0 Å². The molecule has 2 heterocycles. The molecule has 1 aliphatic carbocycles. The number of amides is 1. The van der Waals surface area contributed by atoms with E-state index < -0.39 is 0 Å². The number of aromatic amines is 1. The predicted molar refractivity (Wildman–Crippen MR) is 103 cm³/mol. The third kappa shape index (κ3) is 3.50. The van der Waals surface area contributed by atoms with Crippen LogP contribution in [0.25, 0.3) is 5.95 Å². The minimum absolute atomic E-state index is 0.226. The molecule has 1 aromatic carbocycles. The Balaban J connectivity index is 1.73. The molecular formula is C19H18ClN5O2. The van der Waals surface area contributed by atoms with E-state index >= 15 is 0 Å². The van der Waals surface area contributed by atoms with Crippen molar-refractivity contribution in [1.82, 2.24) is 19.7 Å². The van der Waals surface area contributed by atoms with Crippen molar-refractivity contribution < 1.29 is 4.79 Å². The van der Waals surface area contributed by atoms with Crippen LogP contribution in [0.3, 0.4) is 0 Å². The molecule has 3 aromatic rings. The molecule has 1 amide bonds. The minimum atomic E-state index is -0.290.